The molecule has 1 aromatic heterocycles. The topological polar surface area (TPSA) is 12.0 Å². The van der Waals surface area contributed by atoms with Gasteiger partial charge in [0.15, 0.2) is 0 Å². The molecular formula is C12H17BrF3NS. The Kier molecular flexibility index (Phi) is 6.66. The second-order valence-corrected chi connectivity index (χ2v) is 6.65. The van der Waals surface area contributed by atoms with E-state index >= 15 is 0 Å². The number of alkyl halides is 3. The molecule has 0 saturated heterocycles. The second kappa shape index (κ2) is 7.50. The van der Waals surface area contributed by atoms with Gasteiger partial charge in [0.1, 0.15) is 0 Å². The van der Waals surface area contributed by atoms with Crippen molar-refractivity contribution in [3.63, 3.8) is 0 Å². The molecule has 0 aliphatic heterocycles. The van der Waals surface area contributed by atoms with E-state index in [0.717, 1.165) is 21.6 Å². The normalized spacial score (nSPS) is 13.8. The molecule has 0 aliphatic carbocycles. The molecule has 1 heterocycles. The zero-order valence-electron chi connectivity index (χ0n) is 10.2. The quantitative estimate of drug-likeness (QED) is 0.709. The Labute approximate surface area is 118 Å². The van der Waals surface area contributed by atoms with Gasteiger partial charge in [0.25, 0.3) is 0 Å². The molecule has 1 unspecified atom stereocenters. The van der Waals surface area contributed by atoms with E-state index in [2.05, 4.69) is 21.2 Å². The minimum Gasteiger partial charge on any atom is -0.309 e. The van der Waals surface area contributed by atoms with Crippen LogP contribution in [0.25, 0.3) is 0 Å². The number of nitrogens with one attached hydrogen (secondary N) is 1. The van der Waals surface area contributed by atoms with Crippen molar-refractivity contribution in [1.82, 2.24) is 5.32 Å². The van der Waals surface area contributed by atoms with Crippen LogP contribution in [0, 0.1) is 0 Å². The van der Waals surface area contributed by atoms with Gasteiger partial charge < -0.3 is 5.32 Å². The Balaban J connectivity index is 2.51. The minimum absolute atomic E-state index is 0.0311. The van der Waals surface area contributed by atoms with E-state index in [-0.39, 0.29) is 12.5 Å². The Bertz CT molecular complexity index is 351. The maximum absolute atomic E-state index is 12.1. The first-order valence-electron chi connectivity index (χ1n) is 5.97. The third-order valence-corrected chi connectivity index (χ3v) is 4.27. The molecule has 0 saturated carbocycles. The van der Waals surface area contributed by atoms with E-state index in [1.165, 1.54) is 0 Å². The van der Waals surface area contributed by atoms with Crippen LogP contribution in [0.1, 0.15) is 43.5 Å². The third kappa shape index (κ3) is 6.20. The summed E-state index contributed by atoms with van der Waals surface area (Å²) >= 11 is 4.96. The minimum atomic E-state index is -4.05. The molecular weight excluding hydrogens is 327 g/mol. The summed E-state index contributed by atoms with van der Waals surface area (Å²) in [4.78, 5) is 1.09. The van der Waals surface area contributed by atoms with E-state index in [9.17, 15) is 13.2 Å². The molecule has 1 N–H and O–H groups in total. The van der Waals surface area contributed by atoms with Gasteiger partial charge in [-0.05, 0) is 53.9 Å². The lowest BCUT2D eigenvalue weighted by Gasteiger charge is -2.17. The summed E-state index contributed by atoms with van der Waals surface area (Å²) in [5.74, 6) is 0. The van der Waals surface area contributed by atoms with Crippen molar-refractivity contribution in [2.45, 2.75) is 44.8 Å². The number of thiophene rings is 1. The molecule has 0 aliphatic rings. The lowest BCUT2D eigenvalue weighted by Crippen LogP contribution is -2.22. The van der Waals surface area contributed by atoms with Crippen LogP contribution in [-0.2, 0) is 0 Å². The van der Waals surface area contributed by atoms with Gasteiger partial charge in [-0.25, -0.2) is 0 Å². The standard InChI is InChI=1S/C12H17BrF3NS/c1-2-8-17-9(4-3-7-12(14,15)16)10-5-6-11(13)18-10/h5-6,9,17H,2-4,7-8H2,1H3. The van der Waals surface area contributed by atoms with Crippen LogP contribution in [0.5, 0.6) is 0 Å². The molecule has 104 valence electrons. The van der Waals surface area contributed by atoms with Gasteiger partial charge in [-0.3, -0.25) is 0 Å². The van der Waals surface area contributed by atoms with Crippen molar-refractivity contribution in [3.8, 4) is 0 Å². The second-order valence-electron chi connectivity index (χ2n) is 4.16. The summed E-state index contributed by atoms with van der Waals surface area (Å²) in [6, 6.07) is 3.93. The van der Waals surface area contributed by atoms with Gasteiger partial charge in [0, 0.05) is 17.3 Å². The first kappa shape index (κ1) is 16.0. The molecule has 1 aromatic rings. The molecule has 0 fully saturated rings. The summed E-state index contributed by atoms with van der Waals surface area (Å²) in [7, 11) is 0. The number of rotatable bonds is 7. The Morgan fingerprint density at radius 1 is 1.39 bits per heavy atom. The van der Waals surface area contributed by atoms with Crippen molar-refractivity contribution in [2.75, 3.05) is 6.54 Å². The number of halogens is 4. The highest BCUT2D eigenvalue weighted by molar-refractivity contribution is 9.11. The van der Waals surface area contributed by atoms with Gasteiger partial charge >= 0.3 is 6.18 Å². The van der Waals surface area contributed by atoms with E-state index in [1.54, 1.807) is 11.3 Å². The fraction of sp³-hybridized carbons (Fsp3) is 0.667. The molecule has 6 heteroatoms. The molecule has 0 aromatic carbocycles. The fourth-order valence-corrected chi connectivity index (χ4v) is 3.22. The average Bonchev–Trinajstić information content (AvgIpc) is 2.68. The van der Waals surface area contributed by atoms with Crippen LogP contribution >= 0.6 is 27.3 Å². The zero-order chi connectivity index (χ0) is 13.6. The lowest BCUT2D eigenvalue weighted by atomic mass is 10.1. The van der Waals surface area contributed by atoms with Crippen molar-refractivity contribution in [1.29, 1.82) is 0 Å². The lowest BCUT2D eigenvalue weighted by molar-refractivity contribution is -0.135. The van der Waals surface area contributed by atoms with Crippen molar-refractivity contribution >= 4 is 27.3 Å². The fourth-order valence-electron chi connectivity index (χ4n) is 1.69. The predicted octanol–water partition coefficient (Wildman–Crippen LogP) is 5.28. The van der Waals surface area contributed by atoms with Crippen LogP contribution in [0.4, 0.5) is 13.2 Å². The Morgan fingerprint density at radius 3 is 2.61 bits per heavy atom. The molecule has 18 heavy (non-hydrogen) atoms. The van der Waals surface area contributed by atoms with Gasteiger partial charge in [-0.2, -0.15) is 13.2 Å². The van der Waals surface area contributed by atoms with Gasteiger partial charge in [-0.1, -0.05) is 6.92 Å². The molecule has 0 amide bonds. The van der Waals surface area contributed by atoms with Gasteiger partial charge in [0.2, 0.25) is 0 Å². The summed E-state index contributed by atoms with van der Waals surface area (Å²) in [5.41, 5.74) is 0. The predicted molar refractivity (Wildman–Crippen MR) is 73.0 cm³/mol. The highest BCUT2D eigenvalue weighted by Gasteiger charge is 2.27. The first-order valence-corrected chi connectivity index (χ1v) is 7.58. The smallest absolute Gasteiger partial charge is 0.309 e. The molecule has 1 nitrogen and oxygen atoms in total. The number of hydrogen-bond acceptors (Lipinski definition) is 2. The average molecular weight is 344 g/mol. The third-order valence-electron chi connectivity index (χ3n) is 2.53. The van der Waals surface area contributed by atoms with Crippen molar-refractivity contribution in [3.05, 3.63) is 20.8 Å². The SMILES string of the molecule is CCCNC(CCCC(F)(F)F)c1ccc(Br)s1. The molecule has 1 atom stereocenters. The van der Waals surface area contributed by atoms with Crippen LogP contribution in [0.3, 0.4) is 0 Å². The molecule has 0 radical (unpaired) electrons. The summed E-state index contributed by atoms with van der Waals surface area (Å²) in [5, 5.41) is 3.31. The number of hydrogen-bond donors (Lipinski definition) is 1. The summed E-state index contributed by atoms with van der Waals surface area (Å²) in [6.45, 7) is 2.87. The van der Waals surface area contributed by atoms with Gasteiger partial charge in [0.05, 0.1) is 3.79 Å². The van der Waals surface area contributed by atoms with Gasteiger partial charge in [-0.15, -0.1) is 11.3 Å². The van der Waals surface area contributed by atoms with E-state index in [0.29, 0.717) is 6.42 Å². The monoisotopic (exact) mass is 343 g/mol. The first-order chi connectivity index (χ1) is 8.42. The Hall–Kier alpha value is -0.0700. The summed E-state index contributed by atoms with van der Waals surface area (Å²) in [6.07, 6.45) is -3.09. The van der Waals surface area contributed by atoms with E-state index in [4.69, 9.17) is 0 Å². The highest BCUT2D eigenvalue weighted by atomic mass is 79.9. The zero-order valence-corrected chi connectivity index (χ0v) is 12.6. The maximum Gasteiger partial charge on any atom is 0.389 e. The van der Waals surface area contributed by atoms with Crippen molar-refractivity contribution in [2.24, 2.45) is 0 Å². The Morgan fingerprint density at radius 2 is 2.11 bits per heavy atom. The van der Waals surface area contributed by atoms with Crippen LogP contribution in [-0.4, -0.2) is 12.7 Å². The van der Waals surface area contributed by atoms with Crippen LogP contribution in [0.15, 0.2) is 15.9 Å². The van der Waals surface area contributed by atoms with E-state index in [1.807, 2.05) is 19.1 Å². The molecule has 1 rings (SSSR count). The van der Waals surface area contributed by atoms with E-state index < -0.39 is 12.6 Å². The summed E-state index contributed by atoms with van der Waals surface area (Å²) < 4.78 is 37.4. The van der Waals surface area contributed by atoms with Crippen molar-refractivity contribution < 1.29 is 13.2 Å². The van der Waals surface area contributed by atoms with Crippen LogP contribution < -0.4 is 5.32 Å². The van der Waals surface area contributed by atoms with Crippen LogP contribution in [0.2, 0.25) is 0 Å². The maximum atomic E-state index is 12.1. The highest BCUT2D eigenvalue weighted by Crippen LogP contribution is 2.31. The largest absolute Gasteiger partial charge is 0.389 e. The molecule has 0 bridgehead atoms. The molecule has 0 spiro atoms.